The molecule has 0 aliphatic carbocycles. The monoisotopic (exact) mass is 537 g/mol. The van der Waals surface area contributed by atoms with Crippen LogP contribution in [0, 0.1) is 6.92 Å². The molecule has 0 spiro atoms. The second-order valence-electron chi connectivity index (χ2n) is 5.88. The van der Waals surface area contributed by atoms with E-state index >= 15 is 0 Å². The van der Waals surface area contributed by atoms with Gasteiger partial charge in [-0.25, -0.2) is 18.1 Å². The summed E-state index contributed by atoms with van der Waals surface area (Å²) >= 11 is 5.76. The zero-order valence-electron chi connectivity index (χ0n) is 15.8. The molecule has 1 aromatic carbocycles. The lowest BCUT2D eigenvalue weighted by Crippen LogP contribution is -2.42. The fourth-order valence-corrected chi connectivity index (χ4v) is 3.41. The molecule has 1 aromatic heterocycles. The van der Waals surface area contributed by atoms with E-state index in [4.69, 9.17) is 11.6 Å². The fourth-order valence-electron chi connectivity index (χ4n) is 2.27. The normalized spacial score (nSPS) is 11.6. The van der Waals surface area contributed by atoms with Gasteiger partial charge in [-0.15, -0.1) is 24.0 Å². The largest absolute Gasteiger partial charge is 0.356 e. The smallest absolute Gasteiger partial charge is 0.240 e. The molecule has 0 amide bonds. The van der Waals surface area contributed by atoms with Gasteiger partial charge in [0.05, 0.1) is 4.90 Å². The van der Waals surface area contributed by atoms with Crippen LogP contribution in [0.4, 0.5) is 0 Å². The summed E-state index contributed by atoms with van der Waals surface area (Å²) < 4.78 is 27.0. The Morgan fingerprint density at radius 3 is 2.36 bits per heavy atom. The molecule has 28 heavy (non-hydrogen) atoms. The van der Waals surface area contributed by atoms with E-state index in [2.05, 4.69) is 25.3 Å². The van der Waals surface area contributed by atoms with Crippen molar-refractivity contribution in [2.24, 2.45) is 4.99 Å². The van der Waals surface area contributed by atoms with Gasteiger partial charge in [0.1, 0.15) is 5.15 Å². The fraction of sp³-hybridized carbons (Fsp3) is 0.333. The van der Waals surface area contributed by atoms with Crippen molar-refractivity contribution in [1.82, 2.24) is 20.3 Å². The molecule has 2 rings (SSSR count). The molecular weight excluding hydrogens is 513 g/mol. The van der Waals surface area contributed by atoms with Crippen molar-refractivity contribution < 1.29 is 8.42 Å². The maximum absolute atomic E-state index is 12.2. The van der Waals surface area contributed by atoms with Gasteiger partial charge < -0.3 is 10.6 Å². The van der Waals surface area contributed by atoms with Crippen LogP contribution in [0.1, 0.15) is 11.1 Å². The first-order valence-corrected chi connectivity index (χ1v) is 10.4. The maximum atomic E-state index is 12.2. The zero-order chi connectivity index (χ0) is 19.7. The number of pyridine rings is 1. The second kappa shape index (κ2) is 12.2. The van der Waals surface area contributed by atoms with E-state index < -0.39 is 10.0 Å². The number of nitrogens with one attached hydrogen (secondary N) is 3. The number of rotatable bonds is 8. The lowest BCUT2D eigenvalue weighted by Gasteiger charge is -2.12. The average molecular weight is 538 g/mol. The molecule has 1 heterocycles. The van der Waals surface area contributed by atoms with Gasteiger partial charge in [0.15, 0.2) is 5.96 Å². The molecule has 0 saturated heterocycles. The van der Waals surface area contributed by atoms with E-state index in [1.54, 1.807) is 43.6 Å². The Morgan fingerprint density at radius 1 is 1.07 bits per heavy atom. The van der Waals surface area contributed by atoms with Crippen LogP contribution in [0.15, 0.2) is 52.5 Å². The molecule has 0 saturated carbocycles. The SMILES string of the molecule is CN=C(NCCNS(=O)(=O)c1ccc(C)cc1)NCCc1ccc(Cl)nc1.I. The minimum absolute atomic E-state index is 0. The summed E-state index contributed by atoms with van der Waals surface area (Å²) in [4.78, 5) is 8.41. The molecule has 3 N–H and O–H groups in total. The van der Waals surface area contributed by atoms with Crippen molar-refractivity contribution in [3.05, 3.63) is 58.9 Å². The summed E-state index contributed by atoms with van der Waals surface area (Å²) in [6.07, 6.45) is 2.50. The van der Waals surface area contributed by atoms with Crippen molar-refractivity contribution in [2.75, 3.05) is 26.7 Å². The predicted octanol–water partition coefficient (Wildman–Crippen LogP) is 2.35. The van der Waals surface area contributed by atoms with Gasteiger partial charge >= 0.3 is 0 Å². The summed E-state index contributed by atoms with van der Waals surface area (Å²) in [7, 11) is -1.84. The highest BCUT2D eigenvalue weighted by Gasteiger charge is 2.12. The number of nitrogens with zero attached hydrogens (tertiary/aromatic N) is 2. The van der Waals surface area contributed by atoms with Crippen LogP contribution in [0.3, 0.4) is 0 Å². The maximum Gasteiger partial charge on any atom is 0.240 e. The Bertz CT molecular complexity index is 859. The molecule has 0 aliphatic heterocycles. The van der Waals surface area contributed by atoms with Crippen molar-refractivity contribution in [2.45, 2.75) is 18.2 Å². The highest BCUT2D eigenvalue weighted by Crippen LogP contribution is 2.09. The number of hydrogen-bond donors (Lipinski definition) is 3. The summed E-state index contributed by atoms with van der Waals surface area (Å²) in [5.74, 6) is 0.603. The van der Waals surface area contributed by atoms with Gasteiger partial charge in [0.25, 0.3) is 0 Å². The molecule has 7 nitrogen and oxygen atoms in total. The molecule has 154 valence electrons. The Kier molecular flexibility index (Phi) is 10.7. The molecule has 10 heteroatoms. The first-order valence-electron chi connectivity index (χ1n) is 8.52. The standard InChI is InChI=1S/C18H24ClN5O2S.HI/c1-14-3-6-16(7-4-14)27(25,26)24-12-11-22-18(20-2)21-10-9-15-5-8-17(19)23-13-15;/h3-8,13,24H,9-12H2,1-2H3,(H2,20,21,22);1H. The lowest BCUT2D eigenvalue weighted by atomic mass is 10.2. The third kappa shape index (κ3) is 8.29. The number of aliphatic imine (C=N–C) groups is 1. The zero-order valence-corrected chi connectivity index (χ0v) is 19.7. The number of hydrogen-bond acceptors (Lipinski definition) is 4. The first kappa shape index (κ1) is 24.6. The summed E-state index contributed by atoms with van der Waals surface area (Å²) in [6, 6.07) is 10.4. The van der Waals surface area contributed by atoms with Crippen LogP contribution in [0.5, 0.6) is 0 Å². The lowest BCUT2D eigenvalue weighted by molar-refractivity contribution is 0.580. The summed E-state index contributed by atoms with van der Waals surface area (Å²) in [5, 5.41) is 6.71. The minimum Gasteiger partial charge on any atom is -0.356 e. The molecule has 0 bridgehead atoms. The third-order valence-electron chi connectivity index (χ3n) is 3.76. The molecule has 2 aromatic rings. The van der Waals surface area contributed by atoms with E-state index in [1.165, 1.54) is 0 Å². The molecule has 0 fully saturated rings. The van der Waals surface area contributed by atoms with Crippen LogP contribution in [0.25, 0.3) is 0 Å². The topological polar surface area (TPSA) is 95.5 Å². The van der Waals surface area contributed by atoms with Crippen LogP contribution in [0.2, 0.25) is 5.15 Å². The minimum atomic E-state index is -3.51. The van der Waals surface area contributed by atoms with Gasteiger partial charge in [-0.05, 0) is 37.1 Å². The van der Waals surface area contributed by atoms with Gasteiger partial charge in [-0.3, -0.25) is 4.99 Å². The van der Waals surface area contributed by atoms with Crippen LogP contribution in [-0.4, -0.2) is 46.0 Å². The quantitative estimate of drug-likeness (QED) is 0.158. The third-order valence-corrected chi connectivity index (χ3v) is 5.46. The average Bonchev–Trinajstić information content (AvgIpc) is 2.65. The predicted molar refractivity (Wildman–Crippen MR) is 124 cm³/mol. The van der Waals surface area contributed by atoms with E-state index in [9.17, 15) is 8.42 Å². The Labute approximate surface area is 188 Å². The van der Waals surface area contributed by atoms with Crippen molar-refractivity contribution in [3.63, 3.8) is 0 Å². The van der Waals surface area contributed by atoms with Crippen LogP contribution < -0.4 is 15.4 Å². The van der Waals surface area contributed by atoms with Crippen molar-refractivity contribution >= 4 is 51.6 Å². The number of benzene rings is 1. The van der Waals surface area contributed by atoms with E-state index in [1.807, 2.05) is 13.0 Å². The first-order chi connectivity index (χ1) is 12.9. The number of halogens is 2. The summed E-state index contributed by atoms with van der Waals surface area (Å²) in [6.45, 7) is 3.24. The Balaban J connectivity index is 0.00000392. The van der Waals surface area contributed by atoms with E-state index in [0.717, 1.165) is 17.5 Å². The number of sulfonamides is 1. The van der Waals surface area contributed by atoms with Gasteiger partial charge in [-0.1, -0.05) is 35.4 Å². The van der Waals surface area contributed by atoms with Crippen molar-refractivity contribution in [3.8, 4) is 0 Å². The summed E-state index contributed by atoms with van der Waals surface area (Å²) in [5.41, 5.74) is 2.08. The number of guanidine groups is 1. The second-order valence-corrected chi connectivity index (χ2v) is 8.03. The highest BCUT2D eigenvalue weighted by molar-refractivity contribution is 14.0. The molecular formula is C18H25ClIN5O2S. The van der Waals surface area contributed by atoms with Crippen molar-refractivity contribution in [1.29, 1.82) is 0 Å². The van der Waals surface area contributed by atoms with Crippen LogP contribution in [-0.2, 0) is 16.4 Å². The number of aryl methyl sites for hydroxylation is 1. The Hall–Kier alpha value is -1.43. The molecule has 0 radical (unpaired) electrons. The molecule has 0 atom stereocenters. The van der Waals surface area contributed by atoms with Crippen LogP contribution >= 0.6 is 35.6 Å². The van der Waals surface area contributed by atoms with E-state index in [0.29, 0.717) is 24.2 Å². The molecule has 0 unspecified atom stereocenters. The highest BCUT2D eigenvalue weighted by atomic mass is 127. The molecule has 0 aliphatic rings. The van der Waals surface area contributed by atoms with E-state index in [-0.39, 0.29) is 35.4 Å². The van der Waals surface area contributed by atoms with Gasteiger partial charge in [0.2, 0.25) is 10.0 Å². The Morgan fingerprint density at radius 2 is 1.75 bits per heavy atom. The van der Waals surface area contributed by atoms with Gasteiger partial charge in [0, 0.05) is 32.9 Å². The van der Waals surface area contributed by atoms with Gasteiger partial charge in [-0.2, -0.15) is 0 Å². The number of aromatic nitrogens is 1.